The molecule has 1 aromatic rings. The van der Waals surface area contributed by atoms with Gasteiger partial charge in [0.25, 0.3) is 0 Å². The van der Waals surface area contributed by atoms with Crippen LogP contribution in [0.3, 0.4) is 0 Å². The van der Waals surface area contributed by atoms with Gasteiger partial charge in [0, 0.05) is 25.0 Å². The number of carbonyl (C=O) groups is 1. The van der Waals surface area contributed by atoms with Crippen molar-refractivity contribution < 1.29 is 9.90 Å². The van der Waals surface area contributed by atoms with Crippen LogP contribution in [0.4, 0.5) is 0 Å². The van der Waals surface area contributed by atoms with Crippen molar-refractivity contribution >= 4 is 5.97 Å². The molecule has 0 amide bonds. The molecule has 1 aromatic carbocycles. The fourth-order valence-corrected chi connectivity index (χ4v) is 4.06. The van der Waals surface area contributed by atoms with Crippen molar-refractivity contribution in [3.05, 3.63) is 35.4 Å². The summed E-state index contributed by atoms with van der Waals surface area (Å²) in [6.45, 7) is 5.91. The quantitative estimate of drug-likeness (QED) is 0.929. The fourth-order valence-electron chi connectivity index (χ4n) is 4.06. The highest BCUT2D eigenvalue weighted by Gasteiger charge is 2.41. The summed E-state index contributed by atoms with van der Waals surface area (Å²) in [7, 11) is 2.16. The number of carboxylic acid groups (broad SMARTS) is 1. The van der Waals surface area contributed by atoms with E-state index in [2.05, 4.69) is 35.9 Å². The van der Waals surface area contributed by atoms with Crippen LogP contribution < -0.4 is 0 Å². The molecule has 2 heterocycles. The number of hydrogen-bond donors (Lipinski definition) is 1. The second kappa shape index (κ2) is 6.39. The molecular formula is C18H26N2O2. The van der Waals surface area contributed by atoms with Crippen molar-refractivity contribution in [1.82, 2.24) is 9.80 Å². The van der Waals surface area contributed by atoms with Crippen molar-refractivity contribution in [2.75, 3.05) is 33.2 Å². The number of aryl methyl sites for hydroxylation is 1. The van der Waals surface area contributed by atoms with E-state index in [0.29, 0.717) is 12.6 Å². The molecule has 2 fully saturated rings. The average molecular weight is 302 g/mol. The monoisotopic (exact) mass is 302 g/mol. The van der Waals surface area contributed by atoms with Gasteiger partial charge < -0.3 is 10.0 Å². The normalized spacial score (nSPS) is 28.1. The number of likely N-dealkylation sites (tertiary alicyclic amines) is 2. The lowest BCUT2D eigenvalue weighted by atomic mass is 9.86. The molecule has 0 aliphatic carbocycles. The van der Waals surface area contributed by atoms with Gasteiger partial charge in [-0.3, -0.25) is 9.69 Å². The molecule has 0 bridgehead atoms. The number of rotatable bonds is 3. The first-order chi connectivity index (χ1) is 10.6. The molecule has 0 aromatic heterocycles. The third-order valence-electron chi connectivity index (χ3n) is 5.46. The van der Waals surface area contributed by atoms with Gasteiger partial charge in [-0.25, -0.2) is 0 Å². The van der Waals surface area contributed by atoms with Crippen LogP contribution in [0.5, 0.6) is 0 Å². The average Bonchev–Trinajstić information content (AvgIpc) is 2.93. The summed E-state index contributed by atoms with van der Waals surface area (Å²) in [4.78, 5) is 16.5. The van der Waals surface area contributed by atoms with Gasteiger partial charge in [-0.2, -0.15) is 0 Å². The predicted molar refractivity (Wildman–Crippen MR) is 87.1 cm³/mol. The highest BCUT2D eigenvalue weighted by atomic mass is 16.4. The van der Waals surface area contributed by atoms with Gasteiger partial charge in [0.05, 0.1) is 5.92 Å². The van der Waals surface area contributed by atoms with Crippen LogP contribution in [0.15, 0.2) is 24.3 Å². The largest absolute Gasteiger partial charge is 0.481 e. The SMILES string of the molecule is Cc1ccccc1[C@@H]1CN(C2CCN(C)CC2)C[C@H]1C(=O)O. The van der Waals surface area contributed by atoms with Gasteiger partial charge in [0.2, 0.25) is 0 Å². The molecule has 22 heavy (non-hydrogen) atoms. The van der Waals surface area contributed by atoms with E-state index in [4.69, 9.17) is 0 Å². The zero-order chi connectivity index (χ0) is 15.7. The summed E-state index contributed by atoms with van der Waals surface area (Å²) >= 11 is 0. The number of hydrogen-bond acceptors (Lipinski definition) is 3. The molecule has 1 N–H and O–H groups in total. The van der Waals surface area contributed by atoms with Gasteiger partial charge in [-0.15, -0.1) is 0 Å². The Bertz CT molecular complexity index is 538. The van der Waals surface area contributed by atoms with Gasteiger partial charge in [-0.05, 0) is 51.0 Å². The highest BCUT2D eigenvalue weighted by molar-refractivity contribution is 5.72. The Hall–Kier alpha value is -1.39. The van der Waals surface area contributed by atoms with Gasteiger partial charge in [0.1, 0.15) is 0 Å². The number of benzene rings is 1. The van der Waals surface area contributed by atoms with Crippen molar-refractivity contribution in [2.24, 2.45) is 5.92 Å². The van der Waals surface area contributed by atoms with E-state index in [1.807, 2.05) is 12.1 Å². The van der Waals surface area contributed by atoms with Crippen molar-refractivity contribution in [3.8, 4) is 0 Å². The Balaban J connectivity index is 1.78. The smallest absolute Gasteiger partial charge is 0.308 e. The topological polar surface area (TPSA) is 43.8 Å². The molecule has 0 saturated carbocycles. The third kappa shape index (κ3) is 3.03. The van der Waals surface area contributed by atoms with E-state index in [1.54, 1.807) is 0 Å². The summed E-state index contributed by atoms with van der Waals surface area (Å²) in [5, 5.41) is 9.66. The maximum atomic E-state index is 11.7. The third-order valence-corrected chi connectivity index (χ3v) is 5.46. The van der Waals surface area contributed by atoms with Crippen LogP contribution in [0.1, 0.15) is 29.9 Å². The molecule has 2 aliphatic heterocycles. The molecule has 4 nitrogen and oxygen atoms in total. The lowest BCUT2D eigenvalue weighted by Gasteiger charge is -2.35. The molecule has 0 unspecified atom stereocenters. The zero-order valence-corrected chi connectivity index (χ0v) is 13.5. The van der Waals surface area contributed by atoms with E-state index >= 15 is 0 Å². The van der Waals surface area contributed by atoms with Crippen LogP contribution >= 0.6 is 0 Å². The maximum absolute atomic E-state index is 11.7. The molecule has 2 atom stereocenters. The van der Waals surface area contributed by atoms with E-state index < -0.39 is 5.97 Å². The Morgan fingerprint density at radius 2 is 1.86 bits per heavy atom. The predicted octanol–water partition coefficient (Wildman–Crippen LogP) is 2.19. The number of aliphatic carboxylic acids is 1. The molecule has 3 rings (SSSR count). The Morgan fingerprint density at radius 3 is 2.50 bits per heavy atom. The van der Waals surface area contributed by atoms with Gasteiger partial charge in [-0.1, -0.05) is 24.3 Å². The molecule has 0 radical (unpaired) electrons. The summed E-state index contributed by atoms with van der Waals surface area (Å²) in [5.41, 5.74) is 2.43. The minimum Gasteiger partial charge on any atom is -0.481 e. The minimum atomic E-state index is -0.649. The number of piperidine rings is 1. The van der Waals surface area contributed by atoms with Gasteiger partial charge >= 0.3 is 5.97 Å². The Morgan fingerprint density at radius 1 is 1.18 bits per heavy atom. The van der Waals surface area contributed by atoms with Crippen molar-refractivity contribution in [3.63, 3.8) is 0 Å². The first-order valence-corrected chi connectivity index (χ1v) is 8.27. The molecule has 120 valence electrons. The van der Waals surface area contributed by atoms with E-state index in [-0.39, 0.29) is 11.8 Å². The molecule has 4 heteroatoms. The van der Waals surface area contributed by atoms with E-state index in [9.17, 15) is 9.90 Å². The Labute approximate surface area is 132 Å². The van der Waals surface area contributed by atoms with Gasteiger partial charge in [0.15, 0.2) is 0 Å². The van der Waals surface area contributed by atoms with Crippen LogP contribution in [0, 0.1) is 12.8 Å². The fraction of sp³-hybridized carbons (Fsp3) is 0.611. The zero-order valence-electron chi connectivity index (χ0n) is 13.5. The van der Waals surface area contributed by atoms with Crippen LogP contribution in [-0.2, 0) is 4.79 Å². The number of carboxylic acids is 1. The summed E-state index contributed by atoms with van der Waals surface area (Å²) in [5.74, 6) is -0.803. The highest BCUT2D eigenvalue weighted by Crippen LogP contribution is 2.36. The van der Waals surface area contributed by atoms with Crippen LogP contribution in [-0.4, -0.2) is 60.1 Å². The maximum Gasteiger partial charge on any atom is 0.308 e. The summed E-state index contributed by atoms with van der Waals surface area (Å²) in [6.07, 6.45) is 2.31. The van der Waals surface area contributed by atoms with E-state index in [1.165, 1.54) is 11.1 Å². The second-order valence-corrected chi connectivity index (χ2v) is 6.90. The standard InChI is InChI=1S/C18H26N2O2/c1-13-5-3-4-6-15(13)16-11-20(12-17(16)18(21)22)14-7-9-19(2)10-8-14/h3-6,14,16-17H,7-12H2,1-2H3,(H,21,22)/t16-,17+/m0/s1. The Kier molecular flexibility index (Phi) is 4.50. The molecule has 2 saturated heterocycles. The van der Waals surface area contributed by atoms with Crippen molar-refractivity contribution in [1.29, 1.82) is 0 Å². The first-order valence-electron chi connectivity index (χ1n) is 8.27. The van der Waals surface area contributed by atoms with Crippen LogP contribution in [0.2, 0.25) is 0 Å². The lowest BCUT2D eigenvalue weighted by Crippen LogP contribution is -2.43. The first kappa shape index (κ1) is 15.5. The lowest BCUT2D eigenvalue weighted by molar-refractivity contribution is -0.141. The number of nitrogens with zero attached hydrogens (tertiary/aromatic N) is 2. The second-order valence-electron chi connectivity index (χ2n) is 6.90. The minimum absolute atomic E-state index is 0.123. The molecule has 0 spiro atoms. The van der Waals surface area contributed by atoms with Crippen LogP contribution in [0.25, 0.3) is 0 Å². The van der Waals surface area contributed by atoms with Crippen molar-refractivity contribution in [2.45, 2.75) is 31.7 Å². The molecular weight excluding hydrogens is 276 g/mol. The summed E-state index contributed by atoms with van der Waals surface area (Å²) < 4.78 is 0. The molecule has 2 aliphatic rings. The van der Waals surface area contributed by atoms with E-state index in [0.717, 1.165) is 32.5 Å². The summed E-state index contributed by atoms with van der Waals surface area (Å²) in [6, 6.07) is 8.80.